The fourth-order valence-corrected chi connectivity index (χ4v) is 1.55. The number of aryl methyl sites for hydroxylation is 1. The van der Waals surface area contributed by atoms with Crippen LogP contribution in [0.15, 0.2) is 10.6 Å². The van der Waals surface area contributed by atoms with Crippen molar-refractivity contribution < 1.29 is 19.2 Å². The third kappa shape index (κ3) is 2.38. The second-order valence-corrected chi connectivity index (χ2v) is 3.71. The molecule has 0 bridgehead atoms. The molecule has 0 atom stereocenters. The van der Waals surface area contributed by atoms with Gasteiger partial charge in [-0.15, -0.1) is 5.10 Å². The van der Waals surface area contributed by atoms with E-state index in [1.54, 1.807) is 13.0 Å². The minimum absolute atomic E-state index is 0.114. The molecular weight excluding hydrogens is 240 g/mol. The van der Waals surface area contributed by atoms with Crippen LogP contribution in [-0.2, 0) is 17.9 Å². The Kier molecular flexibility index (Phi) is 3.38. The molecule has 0 amide bonds. The topological polar surface area (TPSA) is 103 Å². The molecule has 0 saturated heterocycles. The van der Waals surface area contributed by atoms with Crippen LogP contribution >= 0.6 is 0 Å². The van der Waals surface area contributed by atoms with Crippen LogP contribution in [0.4, 0.5) is 0 Å². The highest BCUT2D eigenvalue weighted by Gasteiger charge is 2.19. The highest BCUT2D eigenvalue weighted by molar-refractivity contribution is 5.86. The maximum absolute atomic E-state index is 11.0. The molecule has 2 rings (SSSR count). The molecule has 0 unspecified atom stereocenters. The van der Waals surface area contributed by atoms with Gasteiger partial charge in [0.2, 0.25) is 0 Å². The SMILES string of the molecule is COCc1c(C(=O)O)nnn1Cc1cc(C)on1. The lowest BCUT2D eigenvalue weighted by Crippen LogP contribution is -2.10. The van der Waals surface area contributed by atoms with Gasteiger partial charge in [-0.3, -0.25) is 0 Å². The zero-order valence-electron chi connectivity index (χ0n) is 9.95. The molecule has 0 aliphatic carbocycles. The molecular formula is C10H12N4O4. The van der Waals surface area contributed by atoms with E-state index in [4.69, 9.17) is 14.4 Å². The average Bonchev–Trinajstić information content (AvgIpc) is 2.88. The van der Waals surface area contributed by atoms with Crippen molar-refractivity contribution in [2.24, 2.45) is 0 Å². The predicted molar refractivity (Wildman–Crippen MR) is 58.0 cm³/mol. The van der Waals surface area contributed by atoms with Crippen LogP contribution in [0.3, 0.4) is 0 Å². The van der Waals surface area contributed by atoms with Gasteiger partial charge in [0.05, 0.1) is 18.8 Å². The summed E-state index contributed by atoms with van der Waals surface area (Å²) in [5.41, 5.74) is 0.925. The van der Waals surface area contributed by atoms with Gasteiger partial charge in [0.25, 0.3) is 0 Å². The number of aromatic nitrogens is 4. The van der Waals surface area contributed by atoms with Crippen LogP contribution in [0.5, 0.6) is 0 Å². The number of hydrogen-bond acceptors (Lipinski definition) is 6. The lowest BCUT2D eigenvalue weighted by atomic mass is 10.3. The summed E-state index contributed by atoms with van der Waals surface area (Å²) in [5.74, 6) is -0.457. The van der Waals surface area contributed by atoms with Gasteiger partial charge >= 0.3 is 5.97 Å². The van der Waals surface area contributed by atoms with Crippen LogP contribution < -0.4 is 0 Å². The summed E-state index contributed by atoms with van der Waals surface area (Å²) in [7, 11) is 1.48. The summed E-state index contributed by atoms with van der Waals surface area (Å²) in [6.07, 6.45) is 0. The van der Waals surface area contributed by atoms with Gasteiger partial charge in [-0.1, -0.05) is 10.4 Å². The second kappa shape index (κ2) is 4.96. The maximum Gasteiger partial charge on any atom is 0.358 e. The number of hydrogen-bond donors (Lipinski definition) is 1. The van der Waals surface area contributed by atoms with Gasteiger partial charge in [0.15, 0.2) is 5.69 Å². The smallest absolute Gasteiger partial charge is 0.358 e. The van der Waals surface area contributed by atoms with E-state index in [-0.39, 0.29) is 18.8 Å². The zero-order valence-corrected chi connectivity index (χ0v) is 9.95. The maximum atomic E-state index is 11.0. The van der Waals surface area contributed by atoms with Gasteiger partial charge < -0.3 is 14.4 Å². The molecule has 1 N–H and O–H groups in total. The number of nitrogens with zero attached hydrogens (tertiary/aromatic N) is 4. The Morgan fingerprint density at radius 3 is 2.94 bits per heavy atom. The van der Waals surface area contributed by atoms with Gasteiger partial charge in [0, 0.05) is 13.2 Å². The Labute approximate surface area is 102 Å². The van der Waals surface area contributed by atoms with E-state index in [0.29, 0.717) is 17.1 Å². The molecule has 8 heteroatoms. The number of ether oxygens (including phenoxy) is 1. The number of carboxylic acids is 1. The van der Waals surface area contributed by atoms with Crippen molar-refractivity contribution in [1.82, 2.24) is 20.2 Å². The molecule has 18 heavy (non-hydrogen) atoms. The van der Waals surface area contributed by atoms with Crippen molar-refractivity contribution in [2.75, 3.05) is 7.11 Å². The number of carbonyl (C=O) groups is 1. The second-order valence-electron chi connectivity index (χ2n) is 3.71. The average molecular weight is 252 g/mol. The normalized spacial score (nSPS) is 10.8. The molecule has 2 aromatic rings. The standard InChI is InChI=1S/C10H12N4O4/c1-6-3-7(12-18-6)4-14-8(5-17-2)9(10(15)16)11-13-14/h3H,4-5H2,1-2H3,(H,15,16). The van der Waals surface area contributed by atoms with Crippen LogP contribution in [0.25, 0.3) is 0 Å². The molecule has 0 saturated carbocycles. The number of methoxy groups -OCH3 is 1. The van der Waals surface area contributed by atoms with Crippen LogP contribution in [-0.4, -0.2) is 38.3 Å². The molecule has 0 spiro atoms. The molecule has 0 fully saturated rings. The Morgan fingerprint density at radius 1 is 1.61 bits per heavy atom. The number of rotatable bonds is 5. The van der Waals surface area contributed by atoms with E-state index < -0.39 is 5.97 Å². The molecule has 2 aromatic heterocycles. The lowest BCUT2D eigenvalue weighted by Gasteiger charge is -2.03. The monoisotopic (exact) mass is 252 g/mol. The molecule has 0 aliphatic heterocycles. The first-order valence-corrected chi connectivity index (χ1v) is 5.18. The van der Waals surface area contributed by atoms with Gasteiger partial charge in [0.1, 0.15) is 11.5 Å². The molecule has 0 aromatic carbocycles. The lowest BCUT2D eigenvalue weighted by molar-refractivity contribution is 0.0684. The molecule has 0 aliphatic rings. The summed E-state index contributed by atoms with van der Waals surface area (Å²) < 4.78 is 11.3. The molecule has 8 nitrogen and oxygen atoms in total. The van der Waals surface area contributed by atoms with Crippen LogP contribution in [0, 0.1) is 6.92 Å². The van der Waals surface area contributed by atoms with E-state index in [1.807, 2.05) is 0 Å². The molecule has 0 radical (unpaired) electrons. The summed E-state index contributed by atoms with van der Waals surface area (Å²) in [5, 5.41) is 20.2. The van der Waals surface area contributed by atoms with Gasteiger partial charge in [-0.25, -0.2) is 9.48 Å². The summed E-state index contributed by atoms with van der Waals surface area (Å²) in [6, 6.07) is 1.75. The number of carboxylic acid groups (broad SMARTS) is 1. The zero-order chi connectivity index (χ0) is 13.1. The highest BCUT2D eigenvalue weighted by atomic mass is 16.5. The van der Waals surface area contributed by atoms with Crippen molar-refractivity contribution in [3.05, 3.63) is 28.9 Å². The first kappa shape index (κ1) is 12.2. The number of aromatic carboxylic acids is 1. The van der Waals surface area contributed by atoms with Crippen LogP contribution in [0.1, 0.15) is 27.6 Å². The molecule has 96 valence electrons. The Morgan fingerprint density at radius 2 is 2.39 bits per heavy atom. The largest absolute Gasteiger partial charge is 0.476 e. The van der Waals surface area contributed by atoms with Gasteiger partial charge in [-0.05, 0) is 6.92 Å². The van der Waals surface area contributed by atoms with E-state index in [0.717, 1.165) is 0 Å². The first-order chi connectivity index (χ1) is 8.61. The van der Waals surface area contributed by atoms with E-state index >= 15 is 0 Å². The van der Waals surface area contributed by atoms with Crippen LogP contribution in [0.2, 0.25) is 0 Å². The van der Waals surface area contributed by atoms with E-state index in [9.17, 15) is 4.79 Å². The predicted octanol–water partition coefficient (Wildman–Crippen LogP) is 0.467. The minimum Gasteiger partial charge on any atom is -0.476 e. The highest BCUT2D eigenvalue weighted by Crippen LogP contribution is 2.10. The van der Waals surface area contributed by atoms with Crippen molar-refractivity contribution in [3.8, 4) is 0 Å². The quantitative estimate of drug-likeness (QED) is 0.824. The van der Waals surface area contributed by atoms with E-state index in [1.165, 1.54) is 11.8 Å². The van der Waals surface area contributed by atoms with Gasteiger partial charge in [-0.2, -0.15) is 0 Å². The van der Waals surface area contributed by atoms with Crippen molar-refractivity contribution in [2.45, 2.75) is 20.1 Å². The summed E-state index contributed by atoms with van der Waals surface area (Å²) in [4.78, 5) is 11.0. The first-order valence-electron chi connectivity index (χ1n) is 5.18. The Balaban J connectivity index is 2.29. The third-order valence-electron chi connectivity index (χ3n) is 2.31. The molecule has 2 heterocycles. The van der Waals surface area contributed by atoms with E-state index in [2.05, 4.69) is 15.5 Å². The van der Waals surface area contributed by atoms with Crippen molar-refractivity contribution >= 4 is 5.97 Å². The summed E-state index contributed by atoms with van der Waals surface area (Å²) in [6.45, 7) is 2.18. The third-order valence-corrected chi connectivity index (χ3v) is 2.31. The fourth-order valence-electron chi connectivity index (χ4n) is 1.55. The minimum atomic E-state index is -1.13. The Bertz CT molecular complexity index is 560. The summed E-state index contributed by atoms with van der Waals surface area (Å²) >= 11 is 0. The van der Waals surface area contributed by atoms with Crippen molar-refractivity contribution in [1.29, 1.82) is 0 Å². The van der Waals surface area contributed by atoms with Crippen molar-refractivity contribution in [3.63, 3.8) is 0 Å². The fraction of sp³-hybridized carbons (Fsp3) is 0.400. The Hall–Kier alpha value is -2.22.